The van der Waals surface area contributed by atoms with E-state index in [0.717, 1.165) is 25.2 Å². The van der Waals surface area contributed by atoms with Crippen molar-refractivity contribution >= 4 is 11.9 Å². The maximum absolute atomic E-state index is 9.97. The van der Waals surface area contributed by atoms with Crippen molar-refractivity contribution < 1.29 is 4.79 Å². The van der Waals surface area contributed by atoms with Gasteiger partial charge in [-0.2, -0.15) is 0 Å². The van der Waals surface area contributed by atoms with E-state index >= 15 is 0 Å². The summed E-state index contributed by atoms with van der Waals surface area (Å²) < 4.78 is 2.06. The number of fused-ring (bicyclic) bond motifs is 1. The Hall–Kier alpha value is -1.34. The van der Waals surface area contributed by atoms with Gasteiger partial charge in [-0.1, -0.05) is 0 Å². The molecule has 56 valence electrons. The minimum Gasteiger partial charge on any atom is -0.329 e. The van der Waals surface area contributed by atoms with Crippen molar-refractivity contribution in [3.63, 3.8) is 0 Å². The maximum Gasteiger partial charge on any atom is 0.242 e. The summed E-state index contributed by atoms with van der Waals surface area (Å²) in [4.78, 5) is 13.6. The molecule has 0 radical (unpaired) electrons. The summed E-state index contributed by atoms with van der Waals surface area (Å²) in [7, 11) is 0. The highest BCUT2D eigenvalue weighted by molar-refractivity contribution is 5.46. The Balaban J connectivity index is 2.49. The molecule has 0 amide bonds. The number of rotatable bonds is 1. The average Bonchev–Trinajstić information content (AvgIpc) is 2.53. The molecule has 0 N–H and O–H groups in total. The van der Waals surface area contributed by atoms with Gasteiger partial charge >= 0.3 is 0 Å². The van der Waals surface area contributed by atoms with Gasteiger partial charge in [0.25, 0.3) is 0 Å². The zero-order valence-corrected chi connectivity index (χ0v) is 6.08. The Morgan fingerprint density at radius 2 is 2.45 bits per heavy atom. The van der Waals surface area contributed by atoms with Gasteiger partial charge in [0.05, 0.1) is 0 Å². The molecule has 0 atom stereocenters. The number of hydrogen-bond acceptors (Lipinski definition) is 2. The van der Waals surface area contributed by atoms with Crippen LogP contribution in [-0.2, 0) is 17.8 Å². The maximum atomic E-state index is 9.97. The van der Waals surface area contributed by atoms with Crippen LogP contribution in [-0.4, -0.2) is 10.6 Å². The second-order valence-electron chi connectivity index (χ2n) is 2.64. The van der Waals surface area contributed by atoms with E-state index in [-0.39, 0.29) is 0 Å². The first-order valence-electron chi connectivity index (χ1n) is 3.68. The highest BCUT2D eigenvalue weighted by atomic mass is 16.1. The van der Waals surface area contributed by atoms with Crippen LogP contribution in [0.4, 0.5) is 5.82 Å². The number of aliphatic imine (C=N–C) groups is 1. The van der Waals surface area contributed by atoms with Gasteiger partial charge in [0.1, 0.15) is 5.82 Å². The SMILES string of the molecule is O=C=Nc1ccc2n1CCC2. The normalized spacial score (nSPS) is 14.2. The van der Waals surface area contributed by atoms with Crippen LogP contribution < -0.4 is 0 Å². The van der Waals surface area contributed by atoms with E-state index in [2.05, 4.69) is 9.56 Å². The van der Waals surface area contributed by atoms with E-state index < -0.39 is 0 Å². The van der Waals surface area contributed by atoms with Crippen LogP contribution in [0.1, 0.15) is 12.1 Å². The highest BCUT2D eigenvalue weighted by Gasteiger charge is 2.12. The molecule has 0 aliphatic carbocycles. The molecule has 2 heterocycles. The van der Waals surface area contributed by atoms with Gasteiger partial charge in [-0.3, -0.25) is 0 Å². The number of isocyanates is 1. The first-order chi connectivity index (χ1) is 5.42. The van der Waals surface area contributed by atoms with Gasteiger partial charge in [0, 0.05) is 12.2 Å². The van der Waals surface area contributed by atoms with Gasteiger partial charge in [-0.25, -0.2) is 4.79 Å². The molecule has 0 saturated heterocycles. The lowest BCUT2D eigenvalue weighted by Gasteiger charge is -1.96. The lowest BCUT2D eigenvalue weighted by atomic mass is 10.3. The Labute approximate surface area is 64.4 Å². The van der Waals surface area contributed by atoms with Gasteiger partial charge in [0.15, 0.2) is 0 Å². The van der Waals surface area contributed by atoms with Gasteiger partial charge in [0.2, 0.25) is 6.08 Å². The fourth-order valence-electron chi connectivity index (χ4n) is 1.54. The fraction of sp³-hybridized carbons (Fsp3) is 0.375. The lowest BCUT2D eigenvalue weighted by molar-refractivity contribution is 0.564. The van der Waals surface area contributed by atoms with E-state index in [1.165, 1.54) is 5.69 Å². The Bertz CT molecular complexity index is 321. The molecule has 1 aliphatic heterocycles. The summed E-state index contributed by atoms with van der Waals surface area (Å²) >= 11 is 0. The minimum atomic E-state index is 0.743. The molecule has 1 aliphatic rings. The first-order valence-corrected chi connectivity index (χ1v) is 3.68. The molecule has 1 aromatic rings. The monoisotopic (exact) mass is 148 g/mol. The number of aryl methyl sites for hydroxylation is 1. The van der Waals surface area contributed by atoms with Crippen LogP contribution in [0.2, 0.25) is 0 Å². The standard InChI is InChI=1S/C8H8N2O/c11-6-9-8-4-3-7-2-1-5-10(7)8/h3-4H,1-2,5H2. The quantitative estimate of drug-likeness (QED) is 0.438. The molecule has 0 fully saturated rings. The second kappa shape index (κ2) is 2.36. The summed E-state index contributed by atoms with van der Waals surface area (Å²) in [5, 5.41) is 0. The van der Waals surface area contributed by atoms with E-state index in [1.807, 2.05) is 12.1 Å². The zero-order valence-electron chi connectivity index (χ0n) is 6.08. The minimum absolute atomic E-state index is 0.743. The number of nitrogens with zero attached hydrogens (tertiary/aromatic N) is 2. The van der Waals surface area contributed by atoms with Gasteiger partial charge in [-0.15, -0.1) is 4.99 Å². The molecule has 0 spiro atoms. The molecular weight excluding hydrogens is 140 g/mol. The molecule has 0 saturated carbocycles. The van der Waals surface area contributed by atoms with Crippen LogP contribution in [0.25, 0.3) is 0 Å². The van der Waals surface area contributed by atoms with Crippen molar-refractivity contribution in [2.45, 2.75) is 19.4 Å². The van der Waals surface area contributed by atoms with E-state index in [0.29, 0.717) is 0 Å². The summed E-state index contributed by atoms with van der Waals surface area (Å²) in [6, 6.07) is 3.88. The van der Waals surface area contributed by atoms with Crippen molar-refractivity contribution in [2.24, 2.45) is 4.99 Å². The first kappa shape index (κ1) is 6.38. The van der Waals surface area contributed by atoms with Crippen molar-refractivity contribution in [3.8, 4) is 0 Å². The summed E-state index contributed by atoms with van der Waals surface area (Å²) in [6.45, 7) is 0.989. The van der Waals surface area contributed by atoms with Crippen molar-refractivity contribution in [3.05, 3.63) is 17.8 Å². The predicted octanol–water partition coefficient (Wildman–Crippen LogP) is 1.40. The molecule has 0 aromatic carbocycles. The van der Waals surface area contributed by atoms with Gasteiger partial charge < -0.3 is 4.57 Å². The molecule has 11 heavy (non-hydrogen) atoms. The molecule has 3 nitrogen and oxygen atoms in total. The third-order valence-corrected chi connectivity index (χ3v) is 2.02. The van der Waals surface area contributed by atoms with E-state index in [9.17, 15) is 4.79 Å². The number of hydrogen-bond donors (Lipinski definition) is 0. The van der Waals surface area contributed by atoms with Gasteiger partial charge in [-0.05, 0) is 25.0 Å². The molecule has 3 heteroatoms. The Kier molecular flexibility index (Phi) is 1.37. The molecule has 1 aromatic heterocycles. The molecule has 0 unspecified atom stereocenters. The van der Waals surface area contributed by atoms with E-state index in [1.54, 1.807) is 6.08 Å². The van der Waals surface area contributed by atoms with Crippen LogP contribution in [0.3, 0.4) is 0 Å². The predicted molar refractivity (Wildman–Crippen MR) is 40.5 cm³/mol. The topological polar surface area (TPSA) is 34.4 Å². The largest absolute Gasteiger partial charge is 0.329 e. The van der Waals surface area contributed by atoms with Crippen molar-refractivity contribution in [1.29, 1.82) is 0 Å². The van der Waals surface area contributed by atoms with Crippen LogP contribution in [0, 0.1) is 0 Å². The van der Waals surface area contributed by atoms with Crippen molar-refractivity contribution in [1.82, 2.24) is 4.57 Å². The summed E-state index contributed by atoms with van der Waals surface area (Å²) in [5.74, 6) is 0.743. The molecular formula is C8H8N2O. The Morgan fingerprint density at radius 1 is 1.55 bits per heavy atom. The average molecular weight is 148 g/mol. The van der Waals surface area contributed by atoms with E-state index in [4.69, 9.17) is 0 Å². The van der Waals surface area contributed by atoms with Crippen molar-refractivity contribution in [2.75, 3.05) is 0 Å². The van der Waals surface area contributed by atoms with Crippen LogP contribution >= 0.6 is 0 Å². The Morgan fingerprint density at radius 3 is 3.27 bits per heavy atom. The number of aromatic nitrogens is 1. The fourth-order valence-corrected chi connectivity index (χ4v) is 1.54. The highest BCUT2D eigenvalue weighted by Crippen LogP contribution is 2.23. The number of carbonyl (C=O) groups excluding carboxylic acids is 1. The summed E-state index contributed by atoms with van der Waals surface area (Å²) in [5.41, 5.74) is 1.28. The third-order valence-electron chi connectivity index (χ3n) is 2.02. The zero-order chi connectivity index (χ0) is 7.68. The second-order valence-corrected chi connectivity index (χ2v) is 2.64. The summed E-state index contributed by atoms with van der Waals surface area (Å²) in [6.07, 6.45) is 3.82. The van der Waals surface area contributed by atoms with Crippen LogP contribution in [0.5, 0.6) is 0 Å². The lowest BCUT2D eigenvalue weighted by Crippen LogP contribution is -1.89. The van der Waals surface area contributed by atoms with Crippen LogP contribution in [0.15, 0.2) is 17.1 Å². The molecule has 0 bridgehead atoms. The third kappa shape index (κ3) is 0.900. The smallest absolute Gasteiger partial charge is 0.242 e. The molecule has 2 rings (SSSR count).